The van der Waals surface area contributed by atoms with E-state index >= 15 is 0 Å². The summed E-state index contributed by atoms with van der Waals surface area (Å²) < 4.78 is 0. The lowest BCUT2D eigenvalue weighted by molar-refractivity contribution is -0.120. The van der Waals surface area contributed by atoms with E-state index in [-0.39, 0.29) is 5.91 Å². The van der Waals surface area contributed by atoms with Crippen molar-refractivity contribution in [1.82, 2.24) is 5.32 Å². The summed E-state index contributed by atoms with van der Waals surface area (Å²) in [5, 5.41) is 22.9. The Labute approximate surface area is 166 Å². The highest BCUT2D eigenvalue weighted by Gasteiger charge is 2.39. The Bertz CT molecular complexity index is 859. The van der Waals surface area contributed by atoms with Gasteiger partial charge in [-0.3, -0.25) is 4.79 Å². The van der Waals surface area contributed by atoms with E-state index in [1.165, 1.54) is 42.4 Å². The summed E-state index contributed by atoms with van der Waals surface area (Å²) in [6.07, 6.45) is 6.78. The molecule has 0 aromatic heterocycles. The molecule has 1 saturated carbocycles. The second-order valence-electron chi connectivity index (χ2n) is 8.31. The molecule has 2 aromatic rings. The highest BCUT2D eigenvalue weighted by molar-refractivity contribution is 5.75. The predicted molar refractivity (Wildman–Crippen MR) is 110 cm³/mol. The minimum atomic E-state index is -0.00793. The van der Waals surface area contributed by atoms with Crippen LogP contribution < -0.4 is 5.32 Å². The van der Waals surface area contributed by atoms with Gasteiger partial charge in [-0.25, -0.2) is 0 Å². The number of hydrogen-bond acceptors (Lipinski definition) is 3. The van der Waals surface area contributed by atoms with Gasteiger partial charge in [0.05, 0.1) is 0 Å². The number of hydrogen-bond donors (Lipinski definition) is 3. The number of aromatic hydroxyl groups is 2. The molecule has 0 spiro atoms. The quantitative estimate of drug-likeness (QED) is 0.738. The van der Waals surface area contributed by atoms with Crippen molar-refractivity contribution in [2.45, 2.75) is 56.8 Å². The third kappa shape index (κ3) is 3.60. The number of carbonyl (C=O) groups is 1. The first-order valence-electron chi connectivity index (χ1n) is 10.4. The molecular formula is C24H29NO3. The van der Waals surface area contributed by atoms with Gasteiger partial charge in [0.1, 0.15) is 11.5 Å². The smallest absolute Gasteiger partial charge is 0.220 e. The van der Waals surface area contributed by atoms with Gasteiger partial charge in [0, 0.05) is 13.5 Å². The van der Waals surface area contributed by atoms with Crippen LogP contribution in [-0.4, -0.2) is 23.2 Å². The lowest BCUT2D eigenvalue weighted by Gasteiger charge is -2.43. The van der Waals surface area contributed by atoms with Crippen molar-refractivity contribution in [1.29, 1.82) is 0 Å². The van der Waals surface area contributed by atoms with E-state index in [9.17, 15) is 15.0 Å². The van der Waals surface area contributed by atoms with E-state index in [1.54, 1.807) is 19.2 Å². The van der Waals surface area contributed by atoms with Crippen molar-refractivity contribution in [3.05, 3.63) is 58.7 Å². The van der Waals surface area contributed by atoms with Gasteiger partial charge in [0.25, 0.3) is 0 Å². The molecule has 0 radical (unpaired) electrons. The van der Waals surface area contributed by atoms with Crippen LogP contribution in [0.1, 0.15) is 66.2 Å². The van der Waals surface area contributed by atoms with Crippen LogP contribution in [-0.2, 0) is 17.6 Å². The molecule has 1 amide bonds. The summed E-state index contributed by atoms with van der Waals surface area (Å²) in [5.41, 5.74) is 4.77. The van der Waals surface area contributed by atoms with Gasteiger partial charge in [-0.1, -0.05) is 31.0 Å². The molecule has 0 bridgehead atoms. The zero-order chi connectivity index (χ0) is 19.7. The van der Waals surface area contributed by atoms with Gasteiger partial charge in [-0.15, -0.1) is 0 Å². The first-order chi connectivity index (χ1) is 13.6. The molecule has 0 unspecified atom stereocenters. The molecule has 148 valence electrons. The average Bonchev–Trinajstić information content (AvgIpc) is 2.72. The van der Waals surface area contributed by atoms with E-state index in [0.29, 0.717) is 42.1 Å². The molecule has 4 rings (SSSR count). The molecule has 0 aliphatic heterocycles. The molecule has 3 N–H and O–H groups in total. The third-order valence-corrected chi connectivity index (χ3v) is 6.74. The van der Waals surface area contributed by atoms with E-state index < -0.39 is 0 Å². The van der Waals surface area contributed by atoms with Gasteiger partial charge >= 0.3 is 0 Å². The highest BCUT2D eigenvalue weighted by atomic mass is 16.3. The number of rotatable bonds is 4. The second-order valence-corrected chi connectivity index (χ2v) is 8.31. The first kappa shape index (κ1) is 18.9. The molecule has 1 fully saturated rings. The Kier molecular flexibility index (Phi) is 5.29. The molecule has 3 atom stereocenters. The molecule has 4 nitrogen and oxygen atoms in total. The summed E-state index contributed by atoms with van der Waals surface area (Å²) >= 11 is 0. The molecule has 0 saturated heterocycles. The largest absolute Gasteiger partial charge is 0.508 e. The van der Waals surface area contributed by atoms with E-state index in [0.717, 1.165) is 12.0 Å². The zero-order valence-electron chi connectivity index (χ0n) is 16.4. The fraction of sp³-hybridized carbons (Fsp3) is 0.458. The van der Waals surface area contributed by atoms with Crippen LogP contribution in [0.5, 0.6) is 11.5 Å². The SMILES string of the molecule is CNC(=O)CCc1cc2c(cc1O)[C@@H]1CCCC[C@@H]1[C@H](c1ccc(O)cc1)C2. The lowest BCUT2D eigenvalue weighted by Crippen LogP contribution is -2.31. The number of nitrogens with one attached hydrogen (secondary N) is 1. The van der Waals surface area contributed by atoms with Crippen molar-refractivity contribution < 1.29 is 15.0 Å². The number of benzene rings is 2. The zero-order valence-corrected chi connectivity index (χ0v) is 16.4. The van der Waals surface area contributed by atoms with Gasteiger partial charge in [-0.2, -0.15) is 0 Å². The first-order valence-corrected chi connectivity index (χ1v) is 10.4. The molecule has 2 aromatic carbocycles. The molecular weight excluding hydrogens is 350 g/mol. The van der Waals surface area contributed by atoms with E-state index in [4.69, 9.17) is 0 Å². The Hall–Kier alpha value is -2.49. The fourth-order valence-electron chi connectivity index (χ4n) is 5.30. The van der Waals surface area contributed by atoms with Crippen molar-refractivity contribution in [2.75, 3.05) is 7.05 Å². The van der Waals surface area contributed by atoms with Crippen LogP contribution in [0, 0.1) is 5.92 Å². The number of amides is 1. The van der Waals surface area contributed by atoms with Gasteiger partial charge in [-0.05, 0) is 83.9 Å². The summed E-state index contributed by atoms with van der Waals surface area (Å²) in [6.45, 7) is 0. The van der Waals surface area contributed by atoms with Crippen LogP contribution in [0.4, 0.5) is 0 Å². The Morgan fingerprint density at radius 1 is 1.07 bits per heavy atom. The highest BCUT2D eigenvalue weighted by Crippen LogP contribution is 2.52. The molecule has 2 aliphatic carbocycles. The monoisotopic (exact) mass is 379 g/mol. The maximum atomic E-state index is 11.6. The predicted octanol–water partition coefficient (Wildman–Crippen LogP) is 4.39. The van der Waals surface area contributed by atoms with Crippen molar-refractivity contribution >= 4 is 5.91 Å². The number of fused-ring (bicyclic) bond motifs is 3. The Morgan fingerprint density at radius 3 is 2.57 bits per heavy atom. The summed E-state index contributed by atoms with van der Waals surface area (Å²) in [7, 11) is 1.64. The second kappa shape index (κ2) is 7.86. The normalized spacial score (nSPS) is 23.5. The summed E-state index contributed by atoms with van der Waals surface area (Å²) in [6, 6.07) is 11.8. The number of phenols is 2. The van der Waals surface area contributed by atoms with Crippen molar-refractivity contribution in [3.8, 4) is 11.5 Å². The Morgan fingerprint density at radius 2 is 1.82 bits per heavy atom. The van der Waals surface area contributed by atoms with Gasteiger partial charge < -0.3 is 15.5 Å². The molecule has 0 heterocycles. The minimum Gasteiger partial charge on any atom is -0.508 e. The minimum absolute atomic E-state index is 0.00793. The van der Waals surface area contributed by atoms with Crippen LogP contribution in [0.2, 0.25) is 0 Å². The summed E-state index contributed by atoms with van der Waals surface area (Å²) in [5.74, 6) is 2.13. The van der Waals surface area contributed by atoms with Crippen molar-refractivity contribution in [2.24, 2.45) is 5.92 Å². The number of phenolic OH excluding ortho intramolecular Hbond substituents is 2. The standard InChI is InChI=1S/C24H29NO3/c1-25-24(28)11-8-16-12-17-13-21(15-6-9-18(26)10-7-15)19-4-2-3-5-20(19)22(17)14-23(16)27/h6-7,9-10,12,14,19-21,26-27H,2-5,8,11,13H2,1H3,(H,25,28)/t19-,20+,21-/m0/s1. The van der Waals surface area contributed by atoms with Gasteiger partial charge in [0.15, 0.2) is 0 Å². The van der Waals surface area contributed by atoms with E-state index in [2.05, 4.69) is 23.5 Å². The van der Waals surface area contributed by atoms with E-state index in [1.807, 2.05) is 6.07 Å². The number of aryl methyl sites for hydroxylation is 1. The van der Waals surface area contributed by atoms with Crippen LogP contribution in [0.3, 0.4) is 0 Å². The van der Waals surface area contributed by atoms with Crippen LogP contribution in [0.15, 0.2) is 36.4 Å². The fourth-order valence-corrected chi connectivity index (χ4v) is 5.30. The molecule has 4 heteroatoms. The molecule has 2 aliphatic rings. The lowest BCUT2D eigenvalue weighted by atomic mass is 9.61. The maximum absolute atomic E-state index is 11.6. The topological polar surface area (TPSA) is 69.6 Å². The third-order valence-electron chi connectivity index (χ3n) is 6.74. The van der Waals surface area contributed by atoms with Crippen molar-refractivity contribution in [3.63, 3.8) is 0 Å². The van der Waals surface area contributed by atoms with Crippen LogP contribution >= 0.6 is 0 Å². The average molecular weight is 380 g/mol. The maximum Gasteiger partial charge on any atom is 0.220 e. The number of carbonyl (C=O) groups excluding carboxylic acids is 1. The Balaban J connectivity index is 1.68. The van der Waals surface area contributed by atoms with Gasteiger partial charge in [0.2, 0.25) is 5.91 Å². The summed E-state index contributed by atoms with van der Waals surface area (Å²) in [4.78, 5) is 11.6. The molecule has 28 heavy (non-hydrogen) atoms. The van der Waals surface area contributed by atoms with Crippen LogP contribution in [0.25, 0.3) is 0 Å².